The van der Waals surface area contributed by atoms with E-state index in [-0.39, 0.29) is 16.8 Å². The Morgan fingerprint density at radius 2 is 0.295 bits per heavy atom. The van der Waals surface area contributed by atoms with Crippen LogP contribution in [0.5, 0.6) is 0 Å². The van der Waals surface area contributed by atoms with Gasteiger partial charge in [-0.15, -0.1) is 94.1 Å². The number of hydrogen-bond acceptors (Lipinski definition) is 8. The van der Waals surface area contributed by atoms with Gasteiger partial charge in [0.05, 0.1) is 16.8 Å². The summed E-state index contributed by atoms with van der Waals surface area (Å²) in [7, 11) is -3.07. The number of hydrogen-bond donors (Lipinski definition) is 0. The lowest BCUT2D eigenvalue weighted by atomic mass is 10.4. The summed E-state index contributed by atoms with van der Waals surface area (Å²) in [6.45, 7) is 0. The fourth-order valence-electron chi connectivity index (χ4n) is 6.56. The normalized spacial score (nSPS) is 11.7. The van der Waals surface area contributed by atoms with Crippen molar-refractivity contribution in [2.75, 3.05) is 0 Å². The third kappa shape index (κ3) is 12.5. The molecule has 0 fully saturated rings. The molecule has 8 rings (SSSR count). The van der Waals surface area contributed by atoms with Crippen LogP contribution in [0, 0.1) is 0 Å². The van der Waals surface area contributed by atoms with Crippen LogP contribution < -0.4 is 0 Å². The molecule has 0 aliphatic heterocycles. The molecule has 0 aliphatic rings. The predicted molar refractivity (Wildman–Crippen MR) is 279 cm³/mol. The van der Waals surface area contributed by atoms with Crippen LogP contribution in [0.25, 0.3) is 0 Å². The van der Waals surface area contributed by atoms with Crippen molar-refractivity contribution >= 4 is 102 Å². The summed E-state index contributed by atoms with van der Waals surface area (Å²) in [5.41, 5.74) is 0. The lowest BCUT2D eigenvalue weighted by Crippen LogP contribution is -2.66. The van der Waals surface area contributed by atoms with Gasteiger partial charge in [0, 0.05) is 39.2 Å². The summed E-state index contributed by atoms with van der Waals surface area (Å²) in [4.78, 5) is 10.4. The lowest BCUT2D eigenvalue weighted by molar-refractivity contribution is 1.34. The third-order valence-electron chi connectivity index (χ3n) is 9.52. The van der Waals surface area contributed by atoms with E-state index in [1.165, 1.54) is 39.2 Å². The van der Waals surface area contributed by atoms with Gasteiger partial charge in [-0.05, 0) is 97.1 Å². The van der Waals surface area contributed by atoms with Crippen LogP contribution >= 0.6 is 94.1 Å². The number of rotatable bonds is 20. The van der Waals surface area contributed by atoms with Gasteiger partial charge in [0.15, 0.2) is 8.07 Å². The zero-order valence-electron chi connectivity index (χ0n) is 33.2. The summed E-state index contributed by atoms with van der Waals surface area (Å²) in [5, 5.41) is 0. The molecule has 0 atom stereocenters. The van der Waals surface area contributed by atoms with Gasteiger partial charge in [-0.1, -0.05) is 146 Å². The van der Waals surface area contributed by atoms with Crippen LogP contribution in [-0.4, -0.2) is 24.9 Å². The van der Waals surface area contributed by atoms with Crippen LogP contribution in [0.1, 0.15) is 0 Å². The van der Waals surface area contributed by atoms with E-state index in [2.05, 4.69) is 337 Å². The Kier molecular flexibility index (Phi) is 17.1. The molecular weight excluding hydrogens is 909 g/mol. The van der Waals surface area contributed by atoms with Crippen molar-refractivity contribution in [1.82, 2.24) is 0 Å². The van der Waals surface area contributed by atoms with E-state index < -0.39 is 8.07 Å². The highest BCUT2D eigenvalue weighted by atomic mass is 32.2. The number of benzene rings is 8. The molecule has 0 bridgehead atoms. The molecule has 0 N–H and O–H groups in total. The van der Waals surface area contributed by atoms with Crippen molar-refractivity contribution in [2.45, 2.75) is 56.0 Å². The summed E-state index contributed by atoms with van der Waals surface area (Å²) in [5.74, 6) is 0. The molecule has 0 radical (unpaired) electrons. The van der Waals surface area contributed by atoms with Gasteiger partial charge in [0.2, 0.25) is 0 Å². The smallest absolute Gasteiger partial charge is 0.115 e. The van der Waals surface area contributed by atoms with E-state index in [4.69, 9.17) is 0 Å². The molecule has 61 heavy (non-hydrogen) atoms. The fraction of sp³-hybridized carbons (Fsp3) is 0.0769. The second-order valence-corrected chi connectivity index (χ2v) is 32.1. The minimum atomic E-state index is -3.07. The van der Waals surface area contributed by atoms with E-state index >= 15 is 0 Å². The van der Waals surface area contributed by atoms with Crippen molar-refractivity contribution in [1.29, 1.82) is 0 Å². The van der Waals surface area contributed by atoms with Gasteiger partial charge in [-0.2, -0.15) is 0 Å². The highest BCUT2D eigenvalue weighted by Gasteiger charge is 2.62. The monoisotopic (exact) mass is 952 g/mol. The highest BCUT2D eigenvalue weighted by molar-refractivity contribution is 8.30. The van der Waals surface area contributed by atoms with Gasteiger partial charge in [0.1, 0.15) is 0 Å². The topological polar surface area (TPSA) is 0 Å². The second kappa shape index (κ2) is 23.5. The minimum Gasteiger partial charge on any atom is -0.115 e. The molecule has 0 heterocycles. The van der Waals surface area contributed by atoms with Crippen LogP contribution in [-0.2, 0) is 0 Å². The first-order valence-corrected chi connectivity index (χ1v) is 29.3. The SMILES string of the molecule is c1ccc(SC(Sc2ccccc2)[Si](C(Sc2ccccc2)Sc2ccccc2)(C(Sc2ccccc2)Sc2ccccc2)C(Sc2ccccc2)Sc2ccccc2)cc1. The lowest BCUT2D eigenvalue weighted by Gasteiger charge is -2.51. The highest BCUT2D eigenvalue weighted by Crippen LogP contribution is 2.62. The molecular formula is C52H44S8Si. The molecule has 8 aromatic rings. The van der Waals surface area contributed by atoms with Crippen molar-refractivity contribution in [3.05, 3.63) is 243 Å². The molecule has 0 saturated carbocycles. The fourth-order valence-corrected chi connectivity index (χ4v) is 41.6. The standard InChI is InChI=1S/C52H44S8Si/c1-9-25-41(26-10-1)53-49(54-42-27-11-2-12-28-42)61(50(55-43-29-13-3-14-30-43)56-44-31-15-4-16-32-44,51(57-45-33-17-5-18-34-45)58-46-35-19-6-20-36-46)52(59-47-37-21-7-22-38-47)60-48-39-23-8-24-40-48/h1-40,49-52H. The largest absolute Gasteiger partial charge is 0.159 e. The zero-order chi connectivity index (χ0) is 41.4. The Hall–Kier alpha value is -3.22. The molecule has 304 valence electrons. The van der Waals surface area contributed by atoms with Crippen molar-refractivity contribution in [3.63, 3.8) is 0 Å². The summed E-state index contributed by atoms with van der Waals surface area (Å²) < 4.78 is 0.572. The number of thioether (sulfide) groups is 8. The molecule has 0 aromatic heterocycles. The first-order valence-electron chi connectivity index (χ1n) is 20.0. The summed E-state index contributed by atoms with van der Waals surface area (Å²) >= 11 is 16.7. The quantitative estimate of drug-likeness (QED) is 0.0416. The average Bonchev–Trinajstić information content (AvgIpc) is 3.32. The second-order valence-electron chi connectivity index (χ2n) is 13.8. The Morgan fingerprint density at radius 3 is 0.410 bits per heavy atom. The van der Waals surface area contributed by atoms with Gasteiger partial charge in [-0.25, -0.2) is 0 Å². The first-order chi connectivity index (χ1) is 30.2. The molecule has 0 spiro atoms. The van der Waals surface area contributed by atoms with E-state index in [0.717, 1.165) is 0 Å². The van der Waals surface area contributed by atoms with E-state index in [9.17, 15) is 0 Å². The summed E-state index contributed by atoms with van der Waals surface area (Å²) in [6.07, 6.45) is 0. The molecule has 0 nitrogen and oxygen atoms in total. The molecule has 0 aliphatic carbocycles. The molecule has 0 saturated heterocycles. The van der Waals surface area contributed by atoms with Crippen LogP contribution in [0.15, 0.2) is 282 Å². The maximum absolute atomic E-state index is 3.07. The maximum Gasteiger partial charge on any atom is 0.159 e. The van der Waals surface area contributed by atoms with Crippen LogP contribution in [0.4, 0.5) is 0 Å². The Morgan fingerprint density at radius 1 is 0.180 bits per heavy atom. The minimum absolute atomic E-state index is 0.143. The Balaban J connectivity index is 1.48. The third-order valence-corrected chi connectivity index (χ3v) is 33.8. The Labute approximate surface area is 397 Å². The van der Waals surface area contributed by atoms with E-state index in [1.54, 1.807) is 0 Å². The summed E-state index contributed by atoms with van der Waals surface area (Å²) in [6, 6.07) is 89.5. The first kappa shape index (κ1) is 44.4. The van der Waals surface area contributed by atoms with Crippen molar-refractivity contribution in [2.24, 2.45) is 0 Å². The van der Waals surface area contributed by atoms with Gasteiger partial charge in [-0.3, -0.25) is 0 Å². The van der Waals surface area contributed by atoms with Crippen molar-refractivity contribution < 1.29 is 0 Å². The maximum atomic E-state index is 2.32. The van der Waals surface area contributed by atoms with Crippen LogP contribution in [0.2, 0.25) is 0 Å². The van der Waals surface area contributed by atoms with Crippen molar-refractivity contribution in [3.8, 4) is 0 Å². The van der Waals surface area contributed by atoms with E-state index in [1.807, 2.05) is 0 Å². The Bertz CT molecular complexity index is 1920. The van der Waals surface area contributed by atoms with Gasteiger partial charge >= 0.3 is 0 Å². The molecule has 9 heteroatoms. The molecule has 0 unspecified atom stereocenters. The van der Waals surface area contributed by atoms with Gasteiger partial charge in [0.25, 0.3) is 0 Å². The zero-order valence-corrected chi connectivity index (χ0v) is 40.7. The average molecular weight is 954 g/mol. The molecule has 0 amide bonds. The molecule has 8 aromatic carbocycles. The van der Waals surface area contributed by atoms with E-state index in [0.29, 0.717) is 0 Å². The van der Waals surface area contributed by atoms with Crippen LogP contribution in [0.3, 0.4) is 0 Å². The predicted octanol–water partition coefficient (Wildman–Crippen LogP) is 17.2. The van der Waals surface area contributed by atoms with Gasteiger partial charge < -0.3 is 0 Å².